The van der Waals surface area contributed by atoms with Gasteiger partial charge in [0.1, 0.15) is 23.1 Å². The van der Waals surface area contributed by atoms with Gasteiger partial charge in [0.15, 0.2) is 0 Å². The standard InChI is InChI=1S/C19H13N3O2/c20-9-15-17(11-3-2-8-22-10-11)14-7-6-12-13(4-1-5-16(12)23)18(14)24-19(15)21/h1-8,10,17,23H,21H2/t17-/m0/s1. The Bertz CT molecular complexity index is 1020. The van der Waals surface area contributed by atoms with Crippen LogP contribution in [0.4, 0.5) is 0 Å². The van der Waals surface area contributed by atoms with E-state index >= 15 is 0 Å². The van der Waals surface area contributed by atoms with Crippen LogP contribution < -0.4 is 10.5 Å². The lowest BCUT2D eigenvalue weighted by Crippen LogP contribution is -2.21. The lowest BCUT2D eigenvalue weighted by molar-refractivity contribution is 0.398. The topological polar surface area (TPSA) is 92.2 Å². The average molecular weight is 315 g/mol. The molecule has 0 bridgehead atoms. The number of rotatable bonds is 1. The maximum Gasteiger partial charge on any atom is 0.205 e. The van der Waals surface area contributed by atoms with E-state index in [9.17, 15) is 10.4 Å². The van der Waals surface area contributed by atoms with E-state index in [1.807, 2.05) is 30.3 Å². The molecule has 5 nitrogen and oxygen atoms in total. The molecule has 5 heteroatoms. The summed E-state index contributed by atoms with van der Waals surface area (Å²) in [6.45, 7) is 0. The summed E-state index contributed by atoms with van der Waals surface area (Å²) in [5, 5.41) is 21.0. The first-order chi connectivity index (χ1) is 11.7. The van der Waals surface area contributed by atoms with Crippen molar-refractivity contribution in [2.45, 2.75) is 5.92 Å². The molecule has 116 valence electrons. The van der Waals surface area contributed by atoms with Gasteiger partial charge in [-0.1, -0.05) is 30.3 Å². The molecule has 0 radical (unpaired) electrons. The highest BCUT2D eigenvalue weighted by molar-refractivity contribution is 5.94. The highest BCUT2D eigenvalue weighted by Gasteiger charge is 2.31. The van der Waals surface area contributed by atoms with Crippen molar-refractivity contribution < 1.29 is 9.84 Å². The van der Waals surface area contributed by atoms with Crippen molar-refractivity contribution in [2.75, 3.05) is 0 Å². The Morgan fingerprint density at radius 2 is 2.00 bits per heavy atom. The minimum Gasteiger partial charge on any atom is -0.507 e. The van der Waals surface area contributed by atoms with Crippen LogP contribution in [0.2, 0.25) is 0 Å². The minimum absolute atomic E-state index is 0.0784. The molecule has 4 rings (SSSR count). The van der Waals surface area contributed by atoms with Gasteiger partial charge in [-0.25, -0.2) is 0 Å². The molecule has 24 heavy (non-hydrogen) atoms. The molecule has 3 aromatic rings. The summed E-state index contributed by atoms with van der Waals surface area (Å²) in [7, 11) is 0. The van der Waals surface area contributed by atoms with Crippen molar-refractivity contribution in [1.29, 1.82) is 5.26 Å². The summed E-state index contributed by atoms with van der Waals surface area (Å²) >= 11 is 0. The Hall–Kier alpha value is -3.52. The van der Waals surface area contributed by atoms with E-state index in [0.29, 0.717) is 16.7 Å². The fraction of sp³-hybridized carbons (Fsp3) is 0.0526. The van der Waals surface area contributed by atoms with Crippen LogP contribution in [0.15, 0.2) is 66.3 Å². The van der Waals surface area contributed by atoms with Gasteiger partial charge in [-0.15, -0.1) is 0 Å². The maximum atomic E-state index is 10.1. The van der Waals surface area contributed by atoms with Crippen molar-refractivity contribution in [3.8, 4) is 17.6 Å². The fourth-order valence-corrected chi connectivity index (χ4v) is 3.15. The smallest absolute Gasteiger partial charge is 0.205 e. The summed E-state index contributed by atoms with van der Waals surface area (Å²) in [6.07, 6.45) is 3.40. The first-order valence-electron chi connectivity index (χ1n) is 7.43. The largest absolute Gasteiger partial charge is 0.507 e. The third-order valence-corrected chi connectivity index (χ3v) is 4.23. The van der Waals surface area contributed by atoms with Crippen LogP contribution in [0.1, 0.15) is 17.0 Å². The Labute approximate surface area is 138 Å². The van der Waals surface area contributed by atoms with Gasteiger partial charge in [0.2, 0.25) is 5.88 Å². The van der Waals surface area contributed by atoms with Crippen molar-refractivity contribution in [1.82, 2.24) is 4.98 Å². The highest BCUT2D eigenvalue weighted by Crippen LogP contribution is 2.46. The molecule has 1 aliphatic rings. The van der Waals surface area contributed by atoms with Crippen molar-refractivity contribution in [3.05, 3.63) is 77.4 Å². The molecule has 2 aromatic carbocycles. The molecule has 0 aliphatic carbocycles. The number of nitrogens with two attached hydrogens (primary N) is 1. The van der Waals surface area contributed by atoms with Crippen LogP contribution in [-0.4, -0.2) is 10.1 Å². The zero-order chi connectivity index (χ0) is 16.7. The predicted octanol–water partition coefficient (Wildman–Crippen LogP) is 3.16. The van der Waals surface area contributed by atoms with Crippen LogP contribution in [0.3, 0.4) is 0 Å². The van der Waals surface area contributed by atoms with E-state index in [1.165, 1.54) is 0 Å². The normalized spacial score (nSPS) is 16.4. The van der Waals surface area contributed by atoms with E-state index in [4.69, 9.17) is 10.5 Å². The van der Waals surface area contributed by atoms with E-state index in [1.54, 1.807) is 24.5 Å². The van der Waals surface area contributed by atoms with E-state index in [0.717, 1.165) is 16.5 Å². The third-order valence-electron chi connectivity index (χ3n) is 4.23. The first kappa shape index (κ1) is 14.1. The van der Waals surface area contributed by atoms with E-state index in [2.05, 4.69) is 11.1 Å². The minimum atomic E-state index is -0.348. The van der Waals surface area contributed by atoms with Crippen molar-refractivity contribution >= 4 is 10.8 Å². The van der Waals surface area contributed by atoms with Crippen LogP contribution in [0.25, 0.3) is 10.8 Å². The van der Waals surface area contributed by atoms with E-state index in [-0.39, 0.29) is 17.6 Å². The molecule has 2 heterocycles. The number of nitriles is 1. The first-order valence-corrected chi connectivity index (χ1v) is 7.43. The summed E-state index contributed by atoms with van der Waals surface area (Å²) in [4.78, 5) is 4.15. The second kappa shape index (κ2) is 5.28. The fourth-order valence-electron chi connectivity index (χ4n) is 3.15. The number of nitrogens with zero attached hydrogens (tertiary/aromatic N) is 2. The lowest BCUT2D eigenvalue weighted by Gasteiger charge is -2.27. The van der Waals surface area contributed by atoms with Crippen LogP contribution in [0, 0.1) is 11.3 Å². The molecule has 1 aromatic heterocycles. The molecule has 0 saturated carbocycles. The Kier molecular flexibility index (Phi) is 3.10. The highest BCUT2D eigenvalue weighted by atomic mass is 16.5. The van der Waals surface area contributed by atoms with Gasteiger partial charge in [0.05, 0.1) is 5.92 Å². The number of phenols is 1. The summed E-state index contributed by atoms with van der Waals surface area (Å²) < 4.78 is 5.76. The van der Waals surface area contributed by atoms with Gasteiger partial charge in [0, 0.05) is 28.7 Å². The number of allylic oxidation sites excluding steroid dienone is 1. The molecule has 1 atom stereocenters. The predicted molar refractivity (Wildman–Crippen MR) is 89.1 cm³/mol. The monoisotopic (exact) mass is 315 g/mol. The number of benzene rings is 2. The van der Waals surface area contributed by atoms with Gasteiger partial charge in [-0.3, -0.25) is 4.98 Å². The zero-order valence-electron chi connectivity index (χ0n) is 12.6. The Morgan fingerprint density at radius 3 is 2.75 bits per heavy atom. The number of hydrogen-bond acceptors (Lipinski definition) is 5. The van der Waals surface area contributed by atoms with Crippen molar-refractivity contribution in [3.63, 3.8) is 0 Å². The molecular formula is C19H13N3O2. The van der Waals surface area contributed by atoms with Crippen LogP contribution >= 0.6 is 0 Å². The number of pyridine rings is 1. The molecule has 1 aliphatic heterocycles. The van der Waals surface area contributed by atoms with Gasteiger partial charge in [-0.2, -0.15) is 5.26 Å². The average Bonchev–Trinajstić information content (AvgIpc) is 2.61. The van der Waals surface area contributed by atoms with Gasteiger partial charge >= 0.3 is 0 Å². The summed E-state index contributed by atoms with van der Waals surface area (Å²) in [6, 6.07) is 14.8. The molecule has 0 unspecified atom stereocenters. The third kappa shape index (κ3) is 1.97. The number of phenolic OH excluding ortho intramolecular Hbond substituents is 1. The molecule has 0 amide bonds. The number of hydrogen-bond donors (Lipinski definition) is 2. The van der Waals surface area contributed by atoms with E-state index < -0.39 is 0 Å². The van der Waals surface area contributed by atoms with Gasteiger partial charge in [0.25, 0.3) is 0 Å². The zero-order valence-corrected chi connectivity index (χ0v) is 12.6. The van der Waals surface area contributed by atoms with Crippen LogP contribution in [-0.2, 0) is 0 Å². The Morgan fingerprint density at radius 1 is 1.12 bits per heavy atom. The lowest BCUT2D eigenvalue weighted by atomic mass is 9.83. The SMILES string of the molecule is N#CC1=C(N)Oc2c(ccc3c(O)cccc23)[C@@H]1c1cccnc1. The summed E-state index contributed by atoms with van der Waals surface area (Å²) in [5.74, 6) is 0.466. The van der Waals surface area contributed by atoms with Crippen LogP contribution in [0.5, 0.6) is 11.5 Å². The number of ether oxygens (including phenoxy) is 1. The molecule has 0 fully saturated rings. The quantitative estimate of drug-likeness (QED) is 0.719. The summed E-state index contributed by atoms with van der Waals surface area (Å²) in [5.41, 5.74) is 8.06. The number of aromatic hydroxyl groups is 1. The van der Waals surface area contributed by atoms with Gasteiger partial charge in [-0.05, 0) is 17.7 Å². The second-order valence-electron chi connectivity index (χ2n) is 5.57. The van der Waals surface area contributed by atoms with Gasteiger partial charge < -0.3 is 15.6 Å². The molecular weight excluding hydrogens is 302 g/mol. The van der Waals surface area contributed by atoms with Crippen molar-refractivity contribution in [2.24, 2.45) is 5.73 Å². The molecule has 3 N–H and O–H groups in total. The number of aromatic nitrogens is 1. The Balaban J connectivity index is 2.04. The number of fused-ring (bicyclic) bond motifs is 3. The molecule has 0 saturated heterocycles. The second-order valence-corrected chi connectivity index (χ2v) is 5.57. The maximum absolute atomic E-state index is 10.1. The molecule has 0 spiro atoms.